The summed E-state index contributed by atoms with van der Waals surface area (Å²) in [6.45, 7) is 2.53. The van der Waals surface area contributed by atoms with Crippen LogP contribution >= 0.6 is 11.5 Å². The molecule has 0 aliphatic heterocycles. The third-order valence-electron chi connectivity index (χ3n) is 4.21. The molecule has 3 heterocycles. The van der Waals surface area contributed by atoms with Gasteiger partial charge in [-0.25, -0.2) is 4.39 Å². The lowest BCUT2D eigenvalue weighted by Crippen LogP contribution is -2.28. The average molecular weight is 427 g/mol. The molecule has 0 saturated carbocycles. The molecule has 30 heavy (non-hydrogen) atoms. The average Bonchev–Trinajstić information content (AvgIpc) is 3.38. The molecule has 154 valence electrons. The van der Waals surface area contributed by atoms with Crippen LogP contribution in [0.4, 0.5) is 4.39 Å². The molecular weight excluding hydrogens is 409 g/mol. The van der Waals surface area contributed by atoms with E-state index in [1.807, 2.05) is 6.92 Å². The molecule has 0 fully saturated rings. The monoisotopic (exact) mass is 427 g/mol. The summed E-state index contributed by atoms with van der Waals surface area (Å²) in [5.41, 5.74) is 1.78. The Bertz CT molecular complexity index is 1180. The van der Waals surface area contributed by atoms with Crippen LogP contribution in [0.1, 0.15) is 28.7 Å². The number of fused-ring (bicyclic) bond motifs is 1. The fourth-order valence-electron chi connectivity index (χ4n) is 2.84. The van der Waals surface area contributed by atoms with Gasteiger partial charge in [-0.1, -0.05) is 30.0 Å². The van der Waals surface area contributed by atoms with Crippen molar-refractivity contribution in [3.63, 3.8) is 0 Å². The van der Waals surface area contributed by atoms with Crippen LogP contribution in [-0.2, 0) is 6.42 Å². The van der Waals surface area contributed by atoms with Crippen molar-refractivity contribution in [2.45, 2.75) is 19.8 Å². The Balaban J connectivity index is 1.39. The van der Waals surface area contributed by atoms with E-state index in [0.717, 1.165) is 18.0 Å². The number of amides is 1. The van der Waals surface area contributed by atoms with Gasteiger partial charge in [0.25, 0.3) is 5.91 Å². The minimum atomic E-state index is -0.370. The Kier molecular flexibility index (Phi) is 5.89. The molecule has 0 bridgehead atoms. The van der Waals surface area contributed by atoms with E-state index in [1.165, 1.54) is 16.6 Å². The Morgan fingerprint density at radius 1 is 1.23 bits per heavy atom. The van der Waals surface area contributed by atoms with Gasteiger partial charge in [-0.05, 0) is 36.2 Å². The van der Waals surface area contributed by atoms with E-state index in [9.17, 15) is 9.18 Å². The van der Waals surface area contributed by atoms with Crippen LogP contribution < -0.4 is 10.1 Å². The summed E-state index contributed by atoms with van der Waals surface area (Å²) in [6, 6.07) is 9.41. The highest BCUT2D eigenvalue weighted by Gasteiger charge is 2.15. The number of rotatable bonds is 8. The highest BCUT2D eigenvalue weighted by atomic mass is 32.1. The zero-order valence-electron chi connectivity index (χ0n) is 16.1. The van der Waals surface area contributed by atoms with E-state index in [-0.39, 0.29) is 18.3 Å². The third kappa shape index (κ3) is 4.25. The van der Waals surface area contributed by atoms with Gasteiger partial charge in [0.05, 0.1) is 12.2 Å². The van der Waals surface area contributed by atoms with Crippen LogP contribution in [0, 0.1) is 5.82 Å². The molecule has 0 spiro atoms. The van der Waals surface area contributed by atoms with Gasteiger partial charge in [-0.15, -0.1) is 20.4 Å². The van der Waals surface area contributed by atoms with Crippen molar-refractivity contribution < 1.29 is 13.9 Å². The van der Waals surface area contributed by atoms with Crippen molar-refractivity contribution in [1.82, 2.24) is 34.7 Å². The SMILES string of the molecule is CCCc1nnsc1C(=O)NCCOc1ccc2nnc(-c3cccc(F)c3)n2n1. The highest BCUT2D eigenvalue weighted by Crippen LogP contribution is 2.19. The lowest BCUT2D eigenvalue weighted by Gasteiger charge is -2.07. The van der Waals surface area contributed by atoms with Gasteiger partial charge in [0.15, 0.2) is 11.5 Å². The predicted octanol–water partition coefficient (Wildman–Crippen LogP) is 2.54. The molecule has 4 rings (SSSR count). The molecule has 1 aromatic carbocycles. The van der Waals surface area contributed by atoms with E-state index >= 15 is 0 Å². The second-order valence-corrected chi connectivity index (χ2v) is 7.13. The van der Waals surface area contributed by atoms with Crippen LogP contribution in [0.2, 0.25) is 0 Å². The summed E-state index contributed by atoms with van der Waals surface area (Å²) >= 11 is 1.08. The molecule has 0 saturated heterocycles. The maximum atomic E-state index is 13.5. The first-order chi connectivity index (χ1) is 14.7. The number of nitrogens with one attached hydrogen (secondary N) is 1. The van der Waals surface area contributed by atoms with Crippen LogP contribution in [-0.4, -0.2) is 48.5 Å². The van der Waals surface area contributed by atoms with Crippen LogP contribution in [0.5, 0.6) is 5.88 Å². The number of carbonyl (C=O) groups excluding carboxylic acids is 1. The fraction of sp³-hybridized carbons (Fsp3) is 0.263. The topological polar surface area (TPSA) is 107 Å². The van der Waals surface area contributed by atoms with E-state index in [4.69, 9.17) is 4.74 Å². The number of aryl methyl sites for hydroxylation is 1. The Morgan fingerprint density at radius 2 is 2.13 bits per heavy atom. The van der Waals surface area contributed by atoms with Crippen LogP contribution in [0.25, 0.3) is 17.0 Å². The van der Waals surface area contributed by atoms with Gasteiger partial charge in [-0.2, -0.15) is 4.52 Å². The van der Waals surface area contributed by atoms with E-state index in [1.54, 1.807) is 24.3 Å². The fourth-order valence-corrected chi connectivity index (χ4v) is 3.46. The number of ether oxygens (including phenoxy) is 1. The quantitative estimate of drug-likeness (QED) is 0.431. The number of hydrogen-bond acceptors (Lipinski definition) is 8. The number of carbonyl (C=O) groups is 1. The van der Waals surface area contributed by atoms with Crippen LogP contribution in [0.15, 0.2) is 36.4 Å². The lowest BCUT2D eigenvalue weighted by molar-refractivity contribution is 0.0949. The van der Waals surface area contributed by atoms with Gasteiger partial charge < -0.3 is 10.1 Å². The number of nitrogens with zero attached hydrogens (tertiary/aromatic N) is 6. The Morgan fingerprint density at radius 3 is 2.97 bits per heavy atom. The van der Waals surface area contributed by atoms with Gasteiger partial charge >= 0.3 is 0 Å². The zero-order chi connectivity index (χ0) is 20.9. The molecule has 0 radical (unpaired) electrons. The molecule has 3 aromatic heterocycles. The van der Waals surface area contributed by atoms with Crippen molar-refractivity contribution >= 4 is 23.1 Å². The molecule has 0 aliphatic carbocycles. The van der Waals surface area contributed by atoms with Gasteiger partial charge in [-0.3, -0.25) is 4.79 Å². The zero-order valence-corrected chi connectivity index (χ0v) is 16.9. The van der Waals surface area contributed by atoms with E-state index in [0.29, 0.717) is 46.5 Å². The summed E-state index contributed by atoms with van der Waals surface area (Å²) < 4.78 is 24.5. The first-order valence-electron chi connectivity index (χ1n) is 9.36. The second-order valence-electron chi connectivity index (χ2n) is 6.38. The lowest BCUT2D eigenvalue weighted by atomic mass is 10.2. The summed E-state index contributed by atoms with van der Waals surface area (Å²) in [4.78, 5) is 12.8. The van der Waals surface area contributed by atoms with Crippen molar-refractivity contribution in [2.75, 3.05) is 13.2 Å². The summed E-state index contributed by atoms with van der Waals surface area (Å²) in [6.07, 6.45) is 1.61. The van der Waals surface area contributed by atoms with Crippen molar-refractivity contribution in [1.29, 1.82) is 0 Å². The molecule has 0 atom stereocenters. The molecular formula is C19H18FN7O2S. The van der Waals surface area contributed by atoms with Gasteiger partial charge in [0, 0.05) is 11.6 Å². The number of benzene rings is 1. The maximum Gasteiger partial charge on any atom is 0.265 e. The van der Waals surface area contributed by atoms with Gasteiger partial charge in [0.2, 0.25) is 5.88 Å². The number of halogens is 1. The first-order valence-corrected chi connectivity index (χ1v) is 10.1. The molecule has 9 nitrogen and oxygen atoms in total. The summed E-state index contributed by atoms with van der Waals surface area (Å²) in [5, 5.41) is 19.3. The minimum Gasteiger partial charge on any atom is -0.475 e. The summed E-state index contributed by atoms with van der Waals surface area (Å²) in [7, 11) is 0. The maximum absolute atomic E-state index is 13.5. The normalized spacial score (nSPS) is 11.0. The standard InChI is InChI=1S/C19H18FN7O2S/c1-2-4-14-17(30-26-22-14)19(28)21-9-10-29-16-8-7-15-23-24-18(27(15)25-16)12-5-3-6-13(20)11-12/h3,5-8,11H,2,4,9-10H2,1H3,(H,21,28). The molecule has 0 unspecified atom stereocenters. The Hall–Kier alpha value is -3.47. The Labute approximate surface area is 175 Å². The number of aromatic nitrogens is 6. The number of hydrogen-bond donors (Lipinski definition) is 1. The first kappa shape index (κ1) is 19.8. The smallest absolute Gasteiger partial charge is 0.265 e. The molecule has 4 aromatic rings. The largest absolute Gasteiger partial charge is 0.475 e. The van der Waals surface area contributed by atoms with Crippen molar-refractivity contribution in [3.05, 3.63) is 52.8 Å². The minimum absolute atomic E-state index is 0.215. The highest BCUT2D eigenvalue weighted by molar-refractivity contribution is 7.08. The second kappa shape index (κ2) is 8.91. The van der Waals surface area contributed by atoms with Crippen LogP contribution in [0.3, 0.4) is 0 Å². The molecule has 1 N–H and O–H groups in total. The molecule has 11 heteroatoms. The predicted molar refractivity (Wildman–Crippen MR) is 108 cm³/mol. The van der Waals surface area contributed by atoms with Crippen molar-refractivity contribution in [3.8, 4) is 17.3 Å². The molecule has 0 aliphatic rings. The van der Waals surface area contributed by atoms with E-state index in [2.05, 4.69) is 30.2 Å². The van der Waals surface area contributed by atoms with Crippen molar-refractivity contribution in [2.24, 2.45) is 0 Å². The van der Waals surface area contributed by atoms with E-state index < -0.39 is 0 Å². The molecule has 1 amide bonds. The summed E-state index contributed by atoms with van der Waals surface area (Å²) in [5.74, 6) is 0.156. The third-order valence-corrected chi connectivity index (χ3v) is 4.97. The van der Waals surface area contributed by atoms with Gasteiger partial charge in [0.1, 0.15) is 17.3 Å².